The highest BCUT2D eigenvalue weighted by molar-refractivity contribution is 7.84. The number of benzene rings is 2. The normalized spacial score (nSPS) is 20.4. The molecule has 0 spiro atoms. The largest absolute Gasteiger partial charge is 0.242 e. The summed E-state index contributed by atoms with van der Waals surface area (Å²) in [5.41, 5.74) is 5.59. The van der Waals surface area contributed by atoms with Crippen LogP contribution in [0.4, 0.5) is 0 Å². The summed E-state index contributed by atoms with van der Waals surface area (Å²) in [4.78, 5) is 0. The van der Waals surface area contributed by atoms with Gasteiger partial charge in [0.1, 0.15) is 0 Å². The van der Waals surface area contributed by atoms with E-state index in [1.165, 1.54) is 80.9 Å². The van der Waals surface area contributed by atoms with Crippen LogP contribution in [0.3, 0.4) is 0 Å². The first-order valence-electron chi connectivity index (χ1n) is 13.5. The maximum absolute atomic E-state index is 13.4. The van der Waals surface area contributed by atoms with Gasteiger partial charge in [0.25, 0.3) is 0 Å². The van der Waals surface area contributed by atoms with Crippen molar-refractivity contribution in [2.45, 2.75) is 114 Å². The van der Waals surface area contributed by atoms with Crippen LogP contribution in [-0.4, -0.2) is 20.3 Å². The zero-order valence-corrected chi connectivity index (χ0v) is 23.4. The van der Waals surface area contributed by atoms with E-state index in [4.69, 9.17) is 0 Å². The summed E-state index contributed by atoms with van der Waals surface area (Å²) in [6, 6.07) is 17.8. The molecule has 0 heterocycles. The van der Waals surface area contributed by atoms with E-state index in [-0.39, 0.29) is 18.7 Å². The molecule has 2 aliphatic carbocycles. The quantitative estimate of drug-likeness (QED) is 0.387. The number of nitrogens with one attached hydrogen (secondary N) is 1. The summed E-state index contributed by atoms with van der Waals surface area (Å²) >= 11 is 0. The Bertz CT molecular complexity index is 938. The van der Waals surface area contributed by atoms with Gasteiger partial charge in [-0.05, 0) is 86.7 Å². The number of aryl methyl sites for hydroxylation is 1. The van der Waals surface area contributed by atoms with E-state index in [0.29, 0.717) is 0 Å². The molecule has 34 heavy (non-hydrogen) atoms. The zero-order valence-electron chi connectivity index (χ0n) is 21.7. The molecule has 4 heteroatoms. The summed E-state index contributed by atoms with van der Waals surface area (Å²) in [6.07, 6.45) is 14.0. The lowest BCUT2D eigenvalue weighted by molar-refractivity contribution is 0.487. The van der Waals surface area contributed by atoms with Gasteiger partial charge >= 0.3 is 0 Å². The Balaban J connectivity index is 1.81. The Hall–Kier alpha value is -1.02. The van der Waals surface area contributed by atoms with Gasteiger partial charge in [-0.15, -0.1) is 0 Å². The zero-order chi connectivity index (χ0) is 24.1. The molecule has 0 radical (unpaired) electrons. The fraction of sp³-hybridized carbons (Fsp3) is 0.600. The Morgan fingerprint density at radius 1 is 0.794 bits per heavy atom. The maximum atomic E-state index is 13.4. The van der Waals surface area contributed by atoms with Crippen molar-refractivity contribution in [1.82, 2.24) is 4.72 Å². The number of hydrogen-bond acceptors (Lipinski definition) is 1. The van der Waals surface area contributed by atoms with Crippen molar-refractivity contribution in [2.75, 3.05) is 0 Å². The molecule has 0 bridgehead atoms. The molecule has 1 N–H and O–H groups in total. The minimum absolute atomic E-state index is 0.0466. The standard InChI is InChI=1S/C30H44NOPS/c1-23-15-11-12-20-26(23)29(31-34(32)30(2,3)4)27-21-13-14-22-28(27)33(24-16-7-5-8-17-24)25-18-9-6-10-19-25/h11-15,20-22,24-25,29,31H,5-10,16-19H2,1-4H3/t29-,34+/m0/s1. The Morgan fingerprint density at radius 3 is 1.82 bits per heavy atom. The highest BCUT2D eigenvalue weighted by Crippen LogP contribution is 2.56. The van der Waals surface area contributed by atoms with E-state index < -0.39 is 11.0 Å². The van der Waals surface area contributed by atoms with Crippen LogP contribution in [0.15, 0.2) is 48.5 Å². The van der Waals surface area contributed by atoms with Gasteiger partial charge in [0, 0.05) is 0 Å². The first kappa shape index (κ1) is 26.1. The Labute approximate surface area is 212 Å². The predicted molar refractivity (Wildman–Crippen MR) is 151 cm³/mol. The number of hydrogen-bond donors (Lipinski definition) is 1. The molecule has 2 atom stereocenters. The lowest BCUT2D eigenvalue weighted by Crippen LogP contribution is -2.38. The first-order chi connectivity index (χ1) is 16.4. The minimum atomic E-state index is -1.15. The van der Waals surface area contributed by atoms with Crippen molar-refractivity contribution >= 4 is 24.2 Å². The summed E-state index contributed by atoms with van der Waals surface area (Å²) in [7, 11) is -1.39. The molecule has 2 fully saturated rings. The molecule has 2 aromatic rings. The summed E-state index contributed by atoms with van der Waals surface area (Å²) < 4.78 is 16.7. The molecular formula is C30H44NOPS. The lowest BCUT2D eigenvalue weighted by Gasteiger charge is -2.40. The van der Waals surface area contributed by atoms with Crippen molar-refractivity contribution in [3.05, 3.63) is 65.2 Å². The van der Waals surface area contributed by atoms with Crippen LogP contribution >= 0.6 is 7.92 Å². The molecule has 186 valence electrons. The summed E-state index contributed by atoms with van der Waals surface area (Å²) in [5.74, 6) is 0. The van der Waals surface area contributed by atoms with E-state index in [1.54, 1.807) is 5.30 Å². The third-order valence-corrected chi connectivity index (χ3v) is 12.9. The first-order valence-corrected chi connectivity index (χ1v) is 16.1. The number of rotatable bonds is 7. The highest BCUT2D eigenvalue weighted by Gasteiger charge is 2.35. The highest BCUT2D eigenvalue weighted by atomic mass is 32.2. The van der Waals surface area contributed by atoms with Crippen LogP contribution in [0.2, 0.25) is 0 Å². The summed E-state index contributed by atoms with van der Waals surface area (Å²) in [6.45, 7) is 8.38. The fourth-order valence-electron chi connectivity index (χ4n) is 5.87. The van der Waals surface area contributed by atoms with Crippen molar-refractivity contribution in [3.8, 4) is 0 Å². The minimum Gasteiger partial charge on any atom is -0.242 e. The van der Waals surface area contributed by atoms with Gasteiger partial charge in [0.2, 0.25) is 0 Å². The van der Waals surface area contributed by atoms with Gasteiger partial charge in [0.05, 0.1) is 21.8 Å². The Kier molecular flexibility index (Phi) is 9.05. The van der Waals surface area contributed by atoms with Crippen molar-refractivity contribution in [3.63, 3.8) is 0 Å². The van der Waals surface area contributed by atoms with Gasteiger partial charge in [-0.1, -0.05) is 95.0 Å². The van der Waals surface area contributed by atoms with Gasteiger partial charge in [-0.3, -0.25) is 0 Å². The van der Waals surface area contributed by atoms with Crippen LogP contribution in [0.5, 0.6) is 0 Å². The van der Waals surface area contributed by atoms with E-state index >= 15 is 0 Å². The molecular weight excluding hydrogens is 453 g/mol. The van der Waals surface area contributed by atoms with E-state index in [1.807, 2.05) is 0 Å². The second kappa shape index (κ2) is 11.8. The average molecular weight is 498 g/mol. The van der Waals surface area contributed by atoms with E-state index in [0.717, 1.165) is 11.3 Å². The lowest BCUT2D eigenvalue weighted by atomic mass is 9.96. The topological polar surface area (TPSA) is 29.1 Å². The molecule has 2 nitrogen and oxygen atoms in total. The van der Waals surface area contributed by atoms with Crippen LogP contribution in [0, 0.1) is 6.92 Å². The monoisotopic (exact) mass is 497 g/mol. The van der Waals surface area contributed by atoms with Gasteiger partial charge in [0.15, 0.2) is 0 Å². The van der Waals surface area contributed by atoms with Gasteiger partial charge in [-0.25, -0.2) is 8.93 Å². The van der Waals surface area contributed by atoms with Crippen molar-refractivity contribution in [1.29, 1.82) is 0 Å². The van der Waals surface area contributed by atoms with Crippen molar-refractivity contribution < 1.29 is 4.21 Å². The Morgan fingerprint density at radius 2 is 1.29 bits per heavy atom. The van der Waals surface area contributed by atoms with Crippen LogP contribution in [-0.2, 0) is 11.0 Å². The summed E-state index contributed by atoms with van der Waals surface area (Å²) in [5, 5.41) is 1.59. The van der Waals surface area contributed by atoms with Crippen LogP contribution in [0.25, 0.3) is 0 Å². The second-order valence-corrected chi connectivity index (χ2v) is 16.1. The SMILES string of the molecule is Cc1ccccc1[C@H](N[S@](=O)C(C)(C)C)c1ccccc1P(C1CCCCC1)C1CCCCC1. The van der Waals surface area contributed by atoms with E-state index in [2.05, 4.69) is 80.9 Å². The smallest absolute Gasteiger partial charge is 0.0979 e. The molecule has 4 rings (SSSR count). The molecule has 2 aromatic carbocycles. The molecule has 2 aliphatic rings. The van der Waals surface area contributed by atoms with Crippen LogP contribution < -0.4 is 10.0 Å². The maximum Gasteiger partial charge on any atom is 0.0979 e. The van der Waals surface area contributed by atoms with Gasteiger partial charge in [-0.2, -0.15) is 0 Å². The van der Waals surface area contributed by atoms with Gasteiger partial charge < -0.3 is 0 Å². The molecule has 0 unspecified atom stereocenters. The predicted octanol–water partition coefficient (Wildman–Crippen LogP) is 7.91. The van der Waals surface area contributed by atoms with Crippen LogP contribution in [0.1, 0.15) is 108 Å². The second-order valence-electron chi connectivity index (χ2n) is 11.3. The average Bonchev–Trinajstić information content (AvgIpc) is 2.84. The molecule has 0 saturated heterocycles. The molecule has 0 amide bonds. The molecule has 0 aliphatic heterocycles. The third-order valence-electron chi connectivity index (χ3n) is 7.74. The molecule has 2 saturated carbocycles. The third kappa shape index (κ3) is 6.21. The fourth-order valence-corrected chi connectivity index (χ4v) is 10.7. The molecule has 0 aromatic heterocycles. The van der Waals surface area contributed by atoms with Crippen molar-refractivity contribution in [2.24, 2.45) is 0 Å². The van der Waals surface area contributed by atoms with E-state index in [9.17, 15) is 4.21 Å².